The molecule has 0 aromatic heterocycles. The molecule has 0 fully saturated rings. The van der Waals surface area contributed by atoms with Crippen LogP contribution in [0.25, 0.3) is 0 Å². The Morgan fingerprint density at radius 2 is 2.05 bits per heavy atom. The molecule has 2 rings (SSSR count). The van der Waals surface area contributed by atoms with Crippen molar-refractivity contribution in [2.45, 2.75) is 18.5 Å². The van der Waals surface area contributed by atoms with Gasteiger partial charge >= 0.3 is 6.18 Å². The lowest BCUT2D eigenvalue weighted by Crippen LogP contribution is -2.28. The maximum Gasteiger partial charge on any atom is 0.411 e. The van der Waals surface area contributed by atoms with Crippen molar-refractivity contribution in [1.82, 2.24) is 0 Å². The van der Waals surface area contributed by atoms with Crippen molar-refractivity contribution in [3.05, 3.63) is 29.8 Å². The summed E-state index contributed by atoms with van der Waals surface area (Å²) in [6, 6.07) is 7.97. The number of hydrogen-bond acceptors (Lipinski definition) is 3. The lowest BCUT2D eigenvalue weighted by atomic mass is 9.98. The summed E-state index contributed by atoms with van der Waals surface area (Å²) in [6.45, 7) is 0.759. The first kappa shape index (κ1) is 15.1. The van der Waals surface area contributed by atoms with Crippen LogP contribution in [0.5, 0.6) is 0 Å². The number of nitrogens with zero attached hydrogens (tertiary/aromatic N) is 1. The van der Waals surface area contributed by atoms with E-state index >= 15 is 0 Å². The van der Waals surface area contributed by atoms with Crippen LogP contribution < -0.4 is 10.6 Å². The van der Waals surface area contributed by atoms with Gasteiger partial charge < -0.3 is 15.4 Å². The van der Waals surface area contributed by atoms with Crippen molar-refractivity contribution >= 4 is 5.69 Å². The van der Waals surface area contributed by atoms with Crippen LogP contribution in [0.4, 0.5) is 18.9 Å². The molecule has 0 saturated heterocycles. The molecule has 1 aromatic carbocycles. The SMILES string of the molecule is NCCC1CN(CCOCC(F)(F)F)c2ccccc21. The fourth-order valence-corrected chi connectivity index (χ4v) is 2.61. The average molecular weight is 288 g/mol. The summed E-state index contributed by atoms with van der Waals surface area (Å²) in [7, 11) is 0. The average Bonchev–Trinajstić information content (AvgIpc) is 2.73. The van der Waals surface area contributed by atoms with E-state index in [9.17, 15) is 13.2 Å². The largest absolute Gasteiger partial charge is 0.411 e. The lowest BCUT2D eigenvalue weighted by molar-refractivity contribution is -0.173. The van der Waals surface area contributed by atoms with Crippen LogP contribution in [0.1, 0.15) is 17.9 Å². The van der Waals surface area contributed by atoms with Gasteiger partial charge in [0.25, 0.3) is 0 Å². The Kier molecular flexibility index (Phi) is 4.88. The molecule has 0 spiro atoms. The standard InChI is InChI=1S/C14H19F3N2O/c15-14(16,17)10-20-8-7-19-9-11(5-6-18)12-3-1-2-4-13(12)19/h1-4,11H,5-10,18H2. The molecule has 1 atom stereocenters. The number of ether oxygens (including phenoxy) is 1. The molecule has 112 valence electrons. The summed E-state index contributed by atoms with van der Waals surface area (Å²) >= 11 is 0. The van der Waals surface area contributed by atoms with Crippen LogP contribution in [0.3, 0.4) is 0 Å². The number of para-hydroxylation sites is 1. The molecule has 0 bridgehead atoms. The molecule has 1 unspecified atom stereocenters. The second kappa shape index (κ2) is 6.45. The van der Waals surface area contributed by atoms with E-state index in [1.54, 1.807) is 0 Å². The van der Waals surface area contributed by atoms with Crippen LogP contribution in [0.2, 0.25) is 0 Å². The number of rotatable bonds is 6. The lowest BCUT2D eigenvalue weighted by Gasteiger charge is -2.20. The van der Waals surface area contributed by atoms with Gasteiger partial charge in [0.1, 0.15) is 6.61 Å². The number of anilines is 1. The van der Waals surface area contributed by atoms with Crippen LogP contribution in [-0.4, -0.2) is 39.0 Å². The van der Waals surface area contributed by atoms with Crippen molar-refractivity contribution < 1.29 is 17.9 Å². The minimum atomic E-state index is -4.26. The Balaban J connectivity index is 1.90. The smallest absolute Gasteiger partial charge is 0.370 e. The third-order valence-electron chi connectivity index (χ3n) is 3.44. The van der Waals surface area contributed by atoms with E-state index in [4.69, 9.17) is 5.73 Å². The predicted molar refractivity (Wildman–Crippen MR) is 71.9 cm³/mol. The van der Waals surface area contributed by atoms with Gasteiger partial charge in [-0.3, -0.25) is 0 Å². The zero-order chi connectivity index (χ0) is 14.6. The predicted octanol–water partition coefficient (Wildman–Crippen LogP) is 2.52. The summed E-state index contributed by atoms with van der Waals surface area (Å²) in [5.74, 6) is 0.360. The van der Waals surface area contributed by atoms with Gasteiger partial charge in [-0.2, -0.15) is 13.2 Å². The molecular formula is C14H19F3N2O. The van der Waals surface area contributed by atoms with Crippen molar-refractivity contribution in [3.63, 3.8) is 0 Å². The normalized spacial score (nSPS) is 18.4. The minimum absolute atomic E-state index is 0.0726. The van der Waals surface area contributed by atoms with Gasteiger partial charge in [-0.15, -0.1) is 0 Å². The number of fused-ring (bicyclic) bond motifs is 1. The van der Waals surface area contributed by atoms with E-state index in [1.165, 1.54) is 5.56 Å². The number of alkyl halides is 3. The Labute approximate surface area is 116 Å². The first-order valence-corrected chi connectivity index (χ1v) is 6.69. The zero-order valence-corrected chi connectivity index (χ0v) is 11.2. The Morgan fingerprint density at radius 3 is 2.75 bits per heavy atom. The first-order chi connectivity index (χ1) is 9.51. The van der Waals surface area contributed by atoms with Gasteiger partial charge in [-0.25, -0.2) is 0 Å². The minimum Gasteiger partial charge on any atom is -0.370 e. The third kappa shape index (κ3) is 3.86. The van der Waals surface area contributed by atoms with Gasteiger partial charge in [0.2, 0.25) is 0 Å². The summed E-state index contributed by atoms with van der Waals surface area (Å²) in [5, 5.41) is 0. The van der Waals surface area contributed by atoms with Crippen LogP contribution >= 0.6 is 0 Å². The molecule has 0 radical (unpaired) electrons. The number of nitrogens with two attached hydrogens (primary N) is 1. The summed E-state index contributed by atoms with van der Waals surface area (Å²) < 4.78 is 40.7. The van der Waals surface area contributed by atoms with Crippen LogP contribution in [0, 0.1) is 0 Å². The van der Waals surface area contributed by atoms with Crippen LogP contribution in [-0.2, 0) is 4.74 Å². The van der Waals surface area contributed by atoms with Gasteiger partial charge in [-0.05, 0) is 24.6 Å². The molecule has 0 aliphatic carbocycles. The maximum atomic E-state index is 12.0. The van der Waals surface area contributed by atoms with E-state index in [2.05, 4.69) is 15.7 Å². The van der Waals surface area contributed by atoms with E-state index in [0.29, 0.717) is 19.0 Å². The zero-order valence-electron chi connectivity index (χ0n) is 11.2. The van der Waals surface area contributed by atoms with Gasteiger partial charge in [0.05, 0.1) is 6.61 Å². The molecular weight excluding hydrogens is 269 g/mol. The third-order valence-corrected chi connectivity index (χ3v) is 3.44. The quantitative estimate of drug-likeness (QED) is 0.817. The highest BCUT2D eigenvalue weighted by Crippen LogP contribution is 2.37. The topological polar surface area (TPSA) is 38.5 Å². The van der Waals surface area contributed by atoms with Crippen molar-refractivity contribution in [2.24, 2.45) is 5.73 Å². The molecule has 3 nitrogen and oxygen atoms in total. The second-order valence-electron chi connectivity index (χ2n) is 4.95. The highest BCUT2D eigenvalue weighted by atomic mass is 19.4. The van der Waals surface area contributed by atoms with E-state index < -0.39 is 12.8 Å². The Hall–Kier alpha value is -1.27. The molecule has 1 heterocycles. The van der Waals surface area contributed by atoms with Crippen LogP contribution in [0.15, 0.2) is 24.3 Å². The van der Waals surface area contributed by atoms with E-state index in [0.717, 1.165) is 18.7 Å². The van der Waals surface area contributed by atoms with Crippen molar-refractivity contribution in [3.8, 4) is 0 Å². The molecule has 1 aromatic rings. The van der Waals surface area contributed by atoms with Gasteiger partial charge in [0.15, 0.2) is 0 Å². The molecule has 2 N–H and O–H groups in total. The monoisotopic (exact) mass is 288 g/mol. The Bertz CT molecular complexity index is 437. The van der Waals surface area contributed by atoms with Gasteiger partial charge in [0, 0.05) is 24.7 Å². The molecule has 6 heteroatoms. The number of halogens is 3. The Morgan fingerprint density at radius 1 is 1.30 bits per heavy atom. The highest BCUT2D eigenvalue weighted by molar-refractivity contribution is 5.60. The highest BCUT2D eigenvalue weighted by Gasteiger charge is 2.29. The second-order valence-corrected chi connectivity index (χ2v) is 4.95. The fraction of sp³-hybridized carbons (Fsp3) is 0.571. The number of benzene rings is 1. The molecule has 0 amide bonds. The van der Waals surface area contributed by atoms with E-state index in [-0.39, 0.29) is 6.61 Å². The van der Waals surface area contributed by atoms with Crippen molar-refractivity contribution in [2.75, 3.05) is 37.7 Å². The molecule has 1 aliphatic heterocycles. The maximum absolute atomic E-state index is 12.0. The molecule has 20 heavy (non-hydrogen) atoms. The fourth-order valence-electron chi connectivity index (χ4n) is 2.61. The summed E-state index contributed by atoms with van der Waals surface area (Å²) in [6.07, 6.45) is -3.37. The summed E-state index contributed by atoms with van der Waals surface area (Å²) in [5.41, 5.74) is 7.93. The van der Waals surface area contributed by atoms with Gasteiger partial charge in [-0.1, -0.05) is 18.2 Å². The first-order valence-electron chi connectivity index (χ1n) is 6.69. The summed E-state index contributed by atoms with van der Waals surface area (Å²) in [4.78, 5) is 2.08. The molecule has 0 saturated carbocycles. The van der Waals surface area contributed by atoms with E-state index in [1.807, 2.05) is 18.2 Å². The molecule has 1 aliphatic rings. The number of hydrogen-bond donors (Lipinski definition) is 1. The van der Waals surface area contributed by atoms with Crippen molar-refractivity contribution in [1.29, 1.82) is 0 Å².